The largest absolute Gasteiger partial charge is 0.453 e. The van der Waals surface area contributed by atoms with E-state index in [9.17, 15) is 9.59 Å². The maximum atomic E-state index is 12.7. The van der Waals surface area contributed by atoms with Gasteiger partial charge in [0.2, 0.25) is 11.4 Å². The van der Waals surface area contributed by atoms with Crippen molar-refractivity contribution in [3.8, 4) is 0 Å². The summed E-state index contributed by atoms with van der Waals surface area (Å²) in [5.41, 5.74) is -1.85. The molecule has 0 aromatic rings. The molecule has 5 nitrogen and oxygen atoms in total. The van der Waals surface area contributed by atoms with Crippen LogP contribution in [0.15, 0.2) is 12.2 Å². The second-order valence-corrected chi connectivity index (χ2v) is 7.87. The minimum atomic E-state index is -1.04. The number of fused-ring (bicyclic) bond motifs is 1. The first-order chi connectivity index (χ1) is 12.0. The standard InChI is InChI=1S/C20H31NO4/c1-4-5-6-10-13-15-17(22)21-20(18(23)25-19(15,20)2)16(24-3)14-11-8-7-9-12-14/h8,11,14-16H,4-7,9-10,12-13H2,1-3H3,(H,21,22)/t14-,15+,16+,19+,20+/m1/s1. The van der Waals surface area contributed by atoms with Crippen molar-refractivity contribution < 1.29 is 19.1 Å². The third kappa shape index (κ3) is 2.71. The van der Waals surface area contributed by atoms with Crippen LogP contribution in [0.25, 0.3) is 0 Å². The van der Waals surface area contributed by atoms with Crippen LogP contribution in [-0.2, 0) is 19.1 Å². The lowest BCUT2D eigenvalue weighted by Gasteiger charge is -2.55. The monoisotopic (exact) mass is 349 g/mol. The van der Waals surface area contributed by atoms with Crippen molar-refractivity contribution in [1.29, 1.82) is 0 Å². The molecule has 0 unspecified atom stereocenters. The number of amides is 1. The van der Waals surface area contributed by atoms with Gasteiger partial charge in [-0.3, -0.25) is 4.79 Å². The second kappa shape index (κ2) is 7.10. The summed E-state index contributed by atoms with van der Waals surface area (Å²) < 4.78 is 11.4. The number of hydrogen-bond donors (Lipinski definition) is 1. The van der Waals surface area contributed by atoms with Crippen LogP contribution in [-0.4, -0.2) is 36.2 Å². The van der Waals surface area contributed by atoms with Crippen LogP contribution in [0.1, 0.15) is 65.2 Å². The number of unbranched alkanes of at least 4 members (excludes halogenated alkanes) is 3. The Balaban J connectivity index is 1.83. The van der Waals surface area contributed by atoms with Gasteiger partial charge in [-0.05, 0) is 32.6 Å². The fourth-order valence-electron chi connectivity index (χ4n) is 4.98. The number of carbonyl (C=O) groups is 2. The van der Waals surface area contributed by atoms with Crippen molar-refractivity contribution in [2.45, 2.75) is 82.5 Å². The van der Waals surface area contributed by atoms with E-state index in [1.54, 1.807) is 7.11 Å². The molecule has 3 rings (SSSR count). The maximum absolute atomic E-state index is 12.7. The molecule has 2 saturated heterocycles. The highest BCUT2D eigenvalue weighted by molar-refractivity contribution is 6.01. The van der Waals surface area contributed by atoms with E-state index in [4.69, 9.17) is 9.47 Å². The van der Waals surface area contributed by atoms with Crippen molar-refractivity contribution in [1.82, 2.24) is 5.32 Å². The predicted octanol–water partition coefficient (Wildman–Crippen LogP) is 3.13. The molecule has 140 valence electrons. The average molecular weight is 349 g/mol. The molecule has 2 aliphatic heterocycles. The van der Waals surface area contributed by atoms with Crippen LogP contribution in [0.2, 0.25) is 0 Å². The minimum absolute atomic E-state index is 0.0633. The van der Waals surface area contributed by atoms with Crippen LogP contribution >= 0.6 is 0 Å². The van der Waals surface area contributed by atoms with Crippen LogP contribution < -0.4 is 5.32 Å². The second-order valence-electron chi connectivity index (χ2n) is 7.87. The van der Waals surface area contributed by atoms with E-state index < -0.39 is 11.1 Å². The summed E-state index contributed by atoms with van der Waals surface area (Å²) in [6.07, 6.45) is 12.2. The number of esters is 1. The topological polar surface area (TPSA) is 64.6 Å². The molecular formula is C20H31NO4. The first kappa shape index (κ1) is 18.4. The van der Waals surface area contributed by atoms with Crippen molar-refractivity contribution >= 4 is 11.9 Å². The van der Waals surface area contributed by atoms with Gasteiger partial charge in [0.05, 0.1) is 5.92 Å². The van der Waals surface area contributed by atoms with Crippen LogP contribution in [0.3, 0.4) is 0 Å². The lowest BCUT2D eigenvalue weighted by molar-refractivity contribution is -0.241. The zero-order valence-corrected chi connectivity index (χ0v) is 15.7. The van der Waals surface area contributed by atoms with Crippen LogP contribution in [0.5, 0.6) is 0 Å². The van der Waals surface area contributed by atoms with Gasteiger partial charge in [0.15, 0.2) is 5.60 Å². The van der Waals surface area contributed by atoms with Gasteiger partial charge in [0, 0.05) is 13.0 Å². The fraction of sp³-hybridized carbons (Fsp3) is 0.800. The summed E-state index contributed by atoms with van der Waals surface area (Å²) in [6, 6.07) is 0. The normalized spacial score (nSPS) is 37.9. The Morgan fingerprint density at radius 1 is 1.36 bits per heavy atom. The number of allylic oxidation sites excluding steroid dienone is 1. The Kier molecular flexibility index (Phi) is 5.24. The number of rotatable bonds is 8. The van der Waals surface area contributed by atoms with E-state index in [1.807, 2.05) is 6.92 Å². The highest BCUT2D eigenvalue weighted by atomic mass is 16.6. The molecule has 3 aliphatic rings. The van der Waals surface area contributed by atoms with E-state index in [2.05, 4.69) is 24.4 Å². The zero-order valence-electron chi connectivity index (χ0n) is 15.7. The molecule has 1 N–H and O–H groups in total. The number of methoxy groups -OCH3 is 1. The fourth-order valence-corrected chi connectivity index (χ4v) is 4.98. The van der Waals surface area contributed by atoms with Gasteiger partial charge in [0.25, 0.3) is 0 Å². The van der Waals surface area contributed by atoms with E-state index >= 15 is 0 Å². The number of ether oxygens (including phenoxy) is 2. The zero-order chi connectivity index (χ0) is 18.1. The lowest BCUT2D eigenvalue weighted by atomic mass is 9.64. The van der Waals surface area contributed by atoms with E-state index in [0.717, 1.165) is 44.9 Å². The molecule has 0 radical (unpaired) electrons. The van der Waals surface area contributed by atoms with Crippen molar-refractivity contribution in [3.63, 3.8) is 0 Å². The number of hydrogen-bond acceptors (Lipinski definition) is 4. The Morgan fingerprint density at radius 3 is 2.76 bits per heavy atom. The van der Waals surface area contributed by atoms with E-state index in [-0.39, 0.29) is 29.8 Å². The summed E-state index contributed by atoms with van der Waals surface area (Å²) in [5, 5.41) is 3.02. The summed E-state index contributed by atoms with van der Waals surface area (Å²) in [4.78, 5) is 25.3. The van der Waals surface area contributed by atoms with Crippen LogP contribution in [0, 0.1) is 11.8 Å². The summed E-state index contributed by atoms with van der Waals surface area (Å²) >= 11 is 0. The Hall–Kier alpha value is -1.36. The molecule has 1 aliphatic carbocycles. The Bertz CT molecular complexity index is 560. The minimum Gasteiger partial charge on any atom is -0.453 e. The third-order valence-corrected chi connectivity index (χ3v) is 6.42. The number of carbonyl (C=O) groups excluding carboxylic acids is 2. The lowest BCUT2D eigenvalue weighted by Crippen LogP contribution is -2.80. The molecular weight excluding hydrogens is 318 g/mol. The van der Waals surface area contributed by atoms with Crippen molar-refractivity contribution in [3.05, 3.63) is 12.2 Å². The quantitative estimate of drug-likeness (QED) is 0.415. The summed E-state index contributed by atoms with van der Waals surface area (Å²) in [7, 11) is 1.63. The van der Waals surface area contributed by atoms with E-state index in [1.165, 1.54) is 6.42 Å². The highest BCUT2D eigenvalue weighted by Crippen LogP contribution is 2.54. The van der Waals surface area contributed by atoms with Gasteiger partial charge in [-0.2, -0.15) is 0 Å². The molecule has 2 heterocycles. The predicted molar refractivity (Wildman–Crippen MR) is 94.9 cm³/mol. The molecule has 0 bridgehead atoms. The highest BCUT2D eigenvalue weighted by Gasteiger charge is 2.79. The van der Waals surface area contributed by atoms with Gasteiger partial charge in [-0.15, -0.1) is 0 Å². The molecule has 5 atom stereocenters. The SMILES string of the molecule is CCCCCC[C@H]1C(=O)N[C@@]2([C@@H](OC)[C@@H]3C=CCCC3)C(=O)O[C@@]12C. The molecule has 5 heteroatoms. The number of nitrogens with one attached hydrogen (secondary N) is 1. The summed E-state index contributed by atoms with van der Waals surface area (Å²) in [6.45, 7) is 4.08. The van der Waals surface area contributed by atoms with Gasteiger partial charge < -0.3 is 14.8 Å². The van der Waals surface area contributed by atoms with Gasteiger partial charge in [-0.1, -0.05) is 44.8 Å². The molecule has 0 aromatic carbocycles. The van der Waals surface area contributed by atoms with E-state index in [0.29, 0.717) is 0 Å². The molecule has 0 saturated carbocycles. The molecule has 0 aromatic heterocycles. The average Bonchev–Trinajstić information content (AvgIpc) is 2.78. The molecule has 0 spiro atoms. The Morgan fingerprint density at radius 2 is 2.16 bits per heavy atom. The third-order valence-electron chi connectivity index (χ3n) is 6.42. The first-order valence-electron chi connectivity index (χ1n) is 9.76. The van der Waals surface area contributed by atoms with Gasteiger partial charge in [-0.25, -0.2) is 4.79 Å². The molecule has 1 amide bonds. The molecule has 25 heavy (non-hydrogen) atoms. The van der Waals surface area contributed by atoms with Crippen LogP contribution in [0.4, 0.5) is 0 Å². The van der Waals surface area contributed by atoms with Crippen molar-refractivity contribution in [2.24, 2.45) is 11.8 Å². The smallest absolute Gasteiger partial charge is 0.339 e. The molecule has 2 fully saturated rings. The first-order valence-corrected chi connectivity index (χ1v) is 9.76. The maximum Gasteiger partial charge on any atom is 0.339 e. The Labute approximate surface area is 150 Å². The van der Waals surface area contributed by atoms with Crippen molar-refractivity contribution in [2.75, 3.05) is 7.11 Å². The van der Waals surface area contributed by atoms with Gasteiger partial charge in [0.1, 0.15) is 6.10 Å². The van der Waals surface area contributed by atoms with Gasteiger partial charge >= 0.3 is 5.97 Å². The summed E-state index contributed by atoms with van der Waals surface area (Å²) in [5.74, 6) is -0.561.